The number of rotatable bonds is 3. The lowest BCUT2D eigenvalue weighted by Gasteiger charge is -2.04. The van der Waals surface area contributed by atoms with Crippen molar-refractivity contribution in [2.75, 3.05) is 6.54 Å². The molecule has 2 N–H and O–H groups in total. The topological polar surface area (TPSA) is 64.9 Å². The van der Waals surface area contributed by atoms with Crippen molar-refractivity contribution in [1.82, 2.24) is 10.2 Å². The van der Waals surface area contributed by atoms with Gasteiger partial charge in [0.05, 0.1) is 0 Å². The van der Waals surface area contributed by atoms with Crippen molar-refractivity contribution in [3.63, 3.8) is 0 Å². The van der Waals surface area contributed by atoms with Crippen LogP contribution in [0.4, 0.5) is 22.0 Å². The lowest BCUT2D eigenvalue weighted by Crippen LogP contribution is -2.04. The fourth-order valence-electron chi connectivity index (χ4n) is 1.37. The van der Waals surface area contributed by atoms with Crippen molar-refractivity contribution in [2.24, 2.45) is 5.73 Å². The lowest BCUT2D eigenvalue weighted by atomic mass is 10.1. The summed E-state index contributed by atoms with van der Waals surface area (Å²) in [5, 5.41) is 6.61. The molecule has 0 aliphatic heterocycles. The molecule has 0 aliphatic rings. The quantitative estimate of drug-likeness (QED) is 0.529. The Labute approximate surface area is 103 Å². The first-order valence-electron chi connectivity index (χ1n) is 5.01. The van der Waals surface area contributed by atoms with Gasteiger partial charge in [0.15, 0.2) is 23.3 Å². The minimum absolute atomic E-state index is 0.0681. The maximum absolute atomic E-state index is 13.4. The highest BCUT2D eigenvalue weighted by molar-refractivity contribution is 5.55. The van der Waals surface area contributed by atoms with Crippen LogP contribution in [0.15, 0.2) is 4.42 Å². The molecule has 0 atom stereocenters. The Morgan fingerprint density at radius 2 is 1.37 bits per heavy atom. The summed E-state index contributed by atoms with van der Waals surface area (Å²) in [6.07, 6.45) is 0.113. The Kier molecular flexibility index (Phi) is 3.47. The average molecular weight is 279 g/mol. The summed E-state index contributed by atoms with van der Waals surface area (Å²) in [6.45, 7) is 0.124. The first-order chi connectivity index (χ1) is 8.97. The molecule has 1 heterocycles. The fourth-order valence-corrected chi connectivity index (χ4v) is 1.37. The third kappa shape index (κ3) is 2.16. The smallest absolute Gasteiger partial charge is 0.253 e. The Bertz CT molecular complexity index is 599. The molecule has 2 rings (SSSR count). The number of aromatic nitrogens is 2. The molecule has 0 saturated carbocycles. The molecule has 19 heavy (non-hydrogen) atoms. The van der Waals surface area contributed by atoms with Crippen LogP contribution in [0.1, 0.15) is 5.89 Å². The molecule has 9 heteroatoms. The monoisotopic (exact) mass is 279 g/mol. The number of benzene rings is 1. The molecule has 0 aliphatic carbocycles. The molecule has 0 amide bonds. The molecule has 4 nitrogen and oxygen atoms in total. The van der Waals surface area contributed by atoms with Crippen LogP contribution in [0.3, 0.4) is 0 Å². The van der Waals surface area contributed by atoms with Gasteiger partial charge in [-0.05, 0) is 0 Å². The fraction of sp³-hybridized carbons (Fsp3) is 0.200. The zero-order chi connectivity index (χ0) is 14.2. The van der Waals surface area contributed by atoms with E-state index < -0.39 is 40.5 Å². The van der Waals surface area contributed by atoms with Crippen LogP contribution in [-0.2, 0) is 6.42 Å². The second kappa shape index (κ2) is 4.92. The summed E-state index contributed by atoms with van der Waals surface area (Å²) in [7, 11) is 0. The molecule has 1 aromatic carbocycles. The summed E-state index contributed by atoms with van der Waals surface area (Å²) in [5.74, 6) is -11.3. The predicted octanol–water partition coefficient (Wildman–Crippen LogP) is 1.93. The number of hydrogen-bond acceptors (Lipinski definition) is 4. The highest BCUT2D eigenvalue weighted by Crippen LogP contribution is 2.30. The van der Waals surface area contributed by atoms with E-state index in [-0.39, 0.29) is 18.9 Å². The molecule has 0 fully saturated rings. The lowest BCUT2D eigenvalue weighted by molar-refractivity contribution is 0.377. The number of nitrogens with two attached hydrogens (primary N) is 1. The van der Waals surface area contributed by atoms with Crippen LogP contribution >= 0.6 is 0 Å². The molecular weight excluding hydrogens is 273 g/mol. The molecule has 0 radical (unpaired) electrons. The normalized spacial score (nSPS) is 11.1. The second-order valence-corrected chi connectivity index (χ2v) is 3.48. The van der Waals surface area contributed by atoms with Gasteiger partial charge in [-0.15, -0.1) is 10.2 Å². The summed E-state index contributed by atoms with van der Waals surface area (Å²) < 4.78 is 70.4. The molecule has 0 saturated heterocycles. The van der Waals surface area contributed by atoms with Crippen LogP contribution in [0.2, 0.25) is 0 Å². The molecule has 0 spiro atoms. The minimum Gasteiger partial charge on any atom is -0.420 e. The van der Waals surface area contributed by atoms with Crippen LogP contribution in [0.25, 0.3) is 11.5 Å². The highest BCUT2D eigenvalue weighted by Gasteiger charge is 2.29. The average Bonchev–Trinajstić information content (AvgIpc) is 2.83. The van der Waals surface area contributed by atoms with Crippen LogP contribution in [0.5, 0.6) is 0 Å². The van der Waals surface area contributed by atoms with Crippen molar-refractivity contribution in [1.29, 1.82) is 0 Å². The molecule has 102 valence electrons. The number of nitrogens with zero attached hydrogens (tertiary/aromatic N) is 2. The maximum atomic E-state index is 13.4. The van der Waals surface area contributed by atoms with Gasteiger partial charge in [-0.3, -0.25) is 0 Å². The molecule has 1 aromatic heterocycles. The second-order valence-electron chi connectivity index (χ2n) is 3.48. The summed E-state index contributed by atoms with van der Waals surface area (Å²) in [6, 6.07) is 0. The van der Waals surface area contributed by atoms with Crippen molar-refractivity contribution < 1.29 is 26.4 Å². The number of hydrogen-bond donors (Lipinski definition) is 1. The van der Waals surface area contributed by atoms with E-state index in [9.17, 15) is 22.0 Å². The summed E-state index contributed by atoms with van der Waals surface area (Å²) in [4.78, 5) is 0. The van der Waals surface area contributed by atoms with E-state index in [1.54, 1.807) is 0 Å². The van der Waals surface area contributed by atoms with Crippen molar-refractivity contribution in [3.05, 3.63) is 35.0 Å². The summed E-state index contributed by atoms with van der Waals surface area (Å²) >= 11 is 0. The van der Waals surface area contributed by atoms with E-state index in [0.29, 0.717) is 0 Å². The zero-order valence-electron chi connectivity index (χ0n) is 9.18. The van der Waals surface area contributed by atoms with Gasteiger partial charge in [-0.2, -0.15) is 0 Å². The van der Waals surface area contributed by atoms with E-state index in [2.05, 4.69) is 10.2 Å². The largest absolute Gasteiger partial charge is 0.420 e. The van der Waals surface area contributed by atoms with E-state index in [1.165, 1.54) is 0 Å². The van der Waals surface area contributed by atoms with Crippen LogP contribution in [-0.4, -0.2) is 16.7 Å². The van der Waals surface area contributed by atoms with Crippen molar-refractivity contribution >= 4 is 0 Å². The highest BCUT2D eigenvalue weighted by atomic mass is 19.2. The van der Waals surface area contributed by atoms with Gasteiger partial charge < -0.3 is 10.2 Å². The first-order valence-corrected chi connectivity index (χ1v) is 5.01. The Morgan fingerprint density at radius 1 is 0.842 bits per heavy atom. The van der Waals surface area contributed by atoms with Crippen molar-refractivity contribution in [3.8, 4) is 11.5 Å². The zero-order valence-corrected chi connectivity index (χ0v) is 9.18. The summed E-state index contributed by atoms with van der Waals surface area (Å²) in [5.41, 5.74) is 3.93. The van der Waals surface area contributed by atoms with Crippen LogP contribution in [0, 0.1) is 29.1 Å². The van der Waals surface area contributed by atoms with Crippen LogP contribution < -0.4 is 5.73 Å². The van der Waals surface area contributed by atoms with Gasteiger partial charge in [-0.1, -0.05) is 0 Å². The molecular formula is C10H6F5N3O. The number of halogens is 5. The van der Waals surface area contributed by atoms with Gasteiger partial charge >= 0.3 is 0 Å². The molecule has 2 aromatic rings. The third-order valence-electron chi connectivity index (χ3n) is 2.25. The molecule has 0 unspecified atom stereocenters. The molecule has 0 bridgehead atoms. The van der Waals surface area contributed by atoms with E-state index in [0.717, 1.165) is 0 Å². The van der Waals surface area contributed by atoms with E-state index in [4.69, 9.17) is 10.2 Å². The Hall–Kier alpha value is -2.03. The van der Waals surface area contributed by atoms with Gasteiger partial charge in [0.2, 0.25) is 11.7 Å². The Balaban J connectivity index is 2.61. The SMILES string of the molecule is NCCc1nnc(-c2c(F)c(F)c(F)c(F)c2F)o1. The van der Waals surface area contributed by atoms with Gasteiger partial charge in [-0.25, -0.2) is 22.0 Å². The predicted molar refractivity (Wildman–Crippen MR) is 52.3 cm³/mol. The third-order valence-corrected chi connectivity index (χ3v) is 2.25. The van der Waals surface area contributed by atoms with E-state index >= 15 is 0 Å². The maximum Gasteiger partial charge on any atom is 0.253 e. The van der Waals surface area contributed by atoms with Gasteiger partial charge in [0.1, 0.15) is 5.56 Å². The Morgan fingerprint density at radius 3 is 1.89 bits per heavy atom. The van der Waals surface area contributed by atoms with E-state index in [1.807, 2.05) is 0 Å². The minimum atomic E-state index is -2.25. The van der Waals surface area contributed by atoms with Gasteiger partial charge in [0.25, 0.3) is 5.89 Å². The van der Waals surface area contributed by atoms with Crippen molar-refractivity contribution in [2.45, 2.75) is 6.42 Å². The first kappa shape index (κ1) is 13.4. The standard InChI is InChI=1S/C10H6F5N3O/c11-5-4(6(12)8(14)9(15)7(5)13)10-18-17-3(19-10)1-2-16/h1-2,16H2. The van der Waals surface area contributed by atoms with Gasteiger partial charge in [0, 0.05) is 13.0 Å².